The number of ether oxygens (including phenoxy) is 1. The molecule has 0 bridgehead atoms. The summed E-state index contributed by atoms with van der Waals surface area (Å²) in [5, 5.41) is 2.57. The van der Waals surface area contributed by atoms with Gasteiger partial charge in [-0.25, -0.2) is 0 Å². The summed E-state index contributed by atoms with van der Waals surface area (Å²) < 4.78 is 5.72. The Morgan fingerprint density at radius 3 is 2.81 bits per heavy atom. The average molecular weight is 210 g/mol. The van der Waals surface area contributed by atoms with Crippen LogP contribution in [0, 0.1) is 0 Å². The molecule has 2 aromatic rings. The third-order valence-corrected chi connectivity index (χ3v) is 3.32. The van der Waals surface area contributed by atoms with E-state index in [0.29, 0.717) is 5.92 Å². The third kappa shape index (κ3) is 1.18. The van der Waals surface area contributed by atoms with Crippen LogP contribution in [0.3, 0.4) is 0 Å². The maximum absolute atomic E-state index is 5.72. The van der Waals surface area contributed by atoms with E-state index in [1.807, 2.05) is 0 Å². The van der Waals surface area contributed by atoms with Crippen LogP contribution in [-0.4, -0.2) is 0 Å². The predicted molar refractivity (Wildman–Crippen MR) is 66.7 cm³/mol. The summed E-state index contributed by atoms with van der Waals surface area (Å²) in [5.41, 5.74) is 1.31. The van der Waals surface area contributed by atoms with Gasteiger partial charge in [-0.15, -0.1) is 0 Å². The normalized spacial score (nSPS) is 18.6. The van der Waals surface area contributed by atoms with E-state index in [-0.39, 0.29) is 0 Å². The number of rotatable bonds is 1. The molecule has 0 fully saturated rings. The molecular formula is C15H14O. The molecule has 0 aromatic heterocycles. The number of fused-ring (bicyclic) bond motifs is 3. The minimum absolute atomic E-state index is 0.348. The van der Waals surface area contributed by atoms with Crippen molar-refractivity contribution in [3.05, 3.63) is 54.3 Å². The van der Waals surface area contributed by atoms with Crippen molar-refractivity contribution < 1.29 is 4.74 Å². The van der Waals surface area contributed by atoms with Gasteiger partial charge >= 0.3 is 0 Å². The second-order valence-corrected chi connectivity index (χ2v) is 4.23. The second kappa shape index (κ2) is 3.38. The first kappa shape index (κ1) is 9.46. The monoisotopic (exact) mass is 210 g/mol. The third-order valence-electron chi connectivity index (χ3n) is 3.32. The Morgan fingerprint density at radius 1 is 1.19 bits per heavy atom. The summed E-state index contributed by atoms with van der Waals surface area (Å²) in [4.78, 5) is 0. The highest BCUT2D eigenvalue weighted by Gasteiger charge is 2.28. The Kier molecular flexibility index (Phi) is 2.00. The van der Waals surface area contributed by atoms with Crippen LogP contribution in [0.4, 0.5) is 0 Å². The zero-order valence-corrected chi connectivity index (χ0v) is 9.36. The molecule has 1 aliphatic rings. The minimum atomic E-state index is 0.348. The molecule has 0 saturated carbocycles. The van der Waals surface area contributed by atoms with Gasteiger partial charge in [-0.1, -0.05) is 43.8 Å². The fourth-order valence-corrected chi connectivity index (χ4v) is 2.53. The maximum atomic E-state index is 5.72. The second-order valence-electron chi connectivity index (χ2n) is 4.23. The molecule has 0 saturated heterocycles. The Balaban J connectivity index is 2.35. The van der Waals surface area contributed by atoms with E-state index < -0.39 is 0 Å². The van der Waals surface area contributed by atoms with E-state index in [0.717, 1.165) is 17.9 Å². The van der Waals surface area contributed by atoms with Crippen molar-refractivity contribution in [1.29, 1.82) is 0 Å². The van der Waals surface area contributed by atoms with E-state index >= 15 is 0 Å². The summed E-state index contributed by atoms with van der Waals surface area (Å²) in [6, 6.07) is 12.6. The lowest BCUT2D eigenvalue weighted by Crippen LogP contribution is -1.95. The molecule has 2 aromatic carbocycles. The van der Waals surface area contributed by atoms with Crippen molar-refractivity contribution in [1.82, 2.24) is 0 Å². The molecule has 0 N–H and O–H groups in total. The van der Waals surface area contributed by atoms with E-state index in [9.17, 15) is 0 Å². The van der Waals surface area contributed by atoms with Crippen molar-refractivity contribution in [3.8, 4) is 5.75 Å². The maximum Gasteiger partial charge on any atom is 0.131 e. The van der Waals surface area contributed by atoms with E-state index in [2.05, 4.69) is 49.9 Å². The SMILES string of the molecule is C=C1Oc2ccc3ccccc3c2C1CC. The van der Waals surface area contributed by atoms with Gasteiger partial charge in [0, 0.05) is 11.5 Å². The highest BCUT2D eigenvalue weighted by Crippen LogP contribution is 2.45. The Labute approximate surface area is 95.4 Å². The molecule has 0 radical (unpaired) electrons. The van der Waals surface area contributed by atoms with Gasteiger partial charge < -0.3 is 4.74 Å². The molecule has 1 aliphatic heterocycles. The molecule has 0 amide bonds. The number of allylic oxidation sites excluding steroid dienone is 1. The first-order chi connectivity index (χ1) is 7.81. The lowest BCUT2D eigenvalue weighted by atomic mass is 9.92. The largest absolute Gasteiger partial charge is 0.461 e. The van der Waals surface area contributed by atoms with Gasteiger partial charge in [0.15, 0.2) is 0 Å². The van der Waals surface area contributed by atoms with Crippen LogP contribution in [0.1, 0.15) is 24.8 Å². The van der Waals surface area contributed by atoms with Crippen molar-refractivity contribution in [3.63, 3.8) is 0 Å². The Morgan fingerprint density at radius 2 is 2.00 bits per heavy atom. The molecule has 0 aliphatic carbocycles. The summed E-state index contributed by atoms with van der Waals surface area (Å²) >= 11 is 0. The van der Waals surface area contributed by atoms with E-state index in [4.69, 9.17) is 4.74 Å². The lowest BCUT2D eigenvalue weighted by Gasteiger charge is -2.08. The molecule has 0 spiro atoms. The molecule has 1 heteroatoms. The van der Waals surface area contributed by atoms with Crippen molar-refractivity contribution >= 4 is 10.8 Å². The first-order valence-electron chi connectivity index (χ1n) is 5.69. The van der Waals surface area contributed by atoms with E-state index in [1.165, 1.54) is 16.3 Å². The first-order valence-corrected chi connectivity index (χ1v) is 5.69. The number of benzene rings is 2. The molecule has 1 unspecified atom stereocenters. The molecule has 1 nitrogen and oxygen atoms in total. The smallest absolute Gasteiger partial charge is 0.131 e. The van der Waals surface area contributed by atoms with Crippen molar-refractivity contribution in [2.24, 2.45) is 0 Å². The van der Waals surface area contributed by atoms with Gasteiger partial charge in [0.2, 0.25) is 0 Å². The molecule has 3 rings (SSSR count). The summed E-state index contributed by atoms with van der Waals surface area (Å²) in [5.74, 6) is 2.21. The van der Waals surface area contributed by atoms with Gasteiger partial charge in [-0.2, -0.15) is 0 Å². The van der Waals surface area contributed by atoms with E-state index in [1.54, 1.807) is 0 Å². The molecular weight excluding hydrogens is 196 g/mol. The summed E-state index contributed by atoms with van der Waals surface area (Å²) in [6.45, 7) is 6.18. The Hall–Kier alpha value is -1.76. The van der Waals surface area contributed by atoms with Gasteiger partial charge in [0.1, 0.15) is 11.5 Å². The number of hydrogen-bond acceptors (Lipinski definition) is 1. The Bertz CT molecular complexity index is 569. The van der Waals surface area contributed by atoms with Crippen molar-refractivity contribution in [2.75, 3.05) is 0 Å². The van der Waals surface area contributed by atoms with Gasteiger partial charge in [0.25, 0.3) is 0 Å². The van der Waals surface area contributed by atoms with Gasteiger partial charge in [-0.05, 0) is 23.3 Å². The molecule has 1 atom stereocenters. The predicted octanol–water partition coefficient (Wildman–Crippen LogP) is 4.24. The van der Waals surface area contributed by atoms with Crippen LogP contribution in [0.2, 0.25) is 0 Å². The van der Waals surface area contributed by atoms with Gasteiger partial charge in [0.05, 0.1) is 0 Å². The summed E-state index contributed by atoms with van der Waals surface area (Å²) in [6.07, 6.45) is 1.04. The van der Waals surface area contributed by atoms with Crippen LogP contribution >= 0.6 is 0 Å². The topological polar surface area (TPSA) is 9.23 Å². The zero-order chi connectivity index (χ0) is 11.1. The van der Waals surface area contributed by atoms with Crippen LogP contribution in [0.5, 0.6) is 5.75 Å². The van der Waals surface area contributed by atoms with Crippen LogP contribution < -0.4 is 4.74 Å². The highest BCUT2D eigenvalue weighted by atomic mass is 16.5. The standard InChI is InChI=1S/C15H14O/c1-3-12-10(2)16-14-9-8-11-6-4-5-7-13(11)15(12)14/h4-9,12H,2-3H2,1H3. The fraction of sp³-hybridized carbons (Fsp3) is 0.200. The average Bonchev–Trinajstić information content (AvgIpc) is 2.65. The highest BCUT2D eigenvalue weighted by molar-refractivity contribution is 5.89. The summed E-state index contributed by atoms with van der Waals surface area (Å²) in [7, 11) is 0. The zero-order valence-electron chi connectivity index (χ0n) is 9.36. The van der Waals surface area contributed by atoms with Crippen molar-refractivity contribution in [2.45, 2.75) is 19.3 Å². The number of hydrogen-bond donors (Lipinski definition) is 0. The van der Waals surface area contributed by atoms with Crippen LogP contribution in [-0.2, 0) is 0 Å². The minimum Gasteiger partial charge on any atom is -0.461 e. The molecule has 1 heterocycles. The molecule has 16 heavy (non-hydrogen) atoms. The van der Waals surface area contributed by atoms with Gasteiger partial charge in [-0.3, -0.25) is 0 Å². The quantitative estimate of drug-likeness (QED) is 0.684. The lowest BCUT2D eigenvalue weighted by molar-refractivity contribution is 0.427. The van der Waals surface area contributed by atoms with Crippen LogP contribution in [0.15, 0.2) is 48.7 Å². The molecule has 80 valence electrons. The van der Waals surface area contributed by atoms with Crippen LogP contribution in [0.25, 0.3) is 10.8 Å². The fourth-order valence-electron chi connectivity index (χ4n) is 2.53.